The Morgan fingerprint density at radius 2 is 1.58 bits per heavy atom. The average Bonchev–Trinajstić information content (AvgIpc) is 3.39. The van der Waals surface area contributed by atoms with Gasteiger partial charge in [-0.25, -0.2) is 4.98 Å². The van der Waals surface area contributed by atoms with E-state index in [0.29, 0.717) is 18.1 Å². The number of H-pyrrole nitrogens is 1. The van der Waals surface area contributed by atoms with E-state index in [1.807, 2.05) is 85.8 Å². The number of aromatic amines is 1. The fourth-order valence-electron chi connectivity index (χ4n) is 3.63. The summed E-state index contributed by atoms with van der Waals surface area (Å²) in [5.74, 6) is 1.03. The molecule has 36 heavy (non-hydrogen) atoms. The number of aromatic nitrogens is 2. The highest BCUT2D eigenvalue weighted by Gasteiger charge is 2.22. The minimum atomic E-state index is -0.771. The lowest BCUT2D eigenvalue weighted by Crippen LogP contribution is -2.45. The van der Waals surface area contributed by atoms with Crippen LogP contribution in [0, 0.1) is 6.92 Å². The molecule has 1 heterocycles. The molecule has 3 aromatic carbocycles. The molecule has 0 aliphatic heterocycles. The van der Waals surface area contributed by atoms with E-state index in [1.54, 1.807) is 6.20 Å². The molecule has 0 aliphatic carbocycles. The number of nitrogens with zero attached hydrogens (tertiary/aromatic N) is 1. The molecular weight excluding hydrogens is 454 g/mol. The number of amides is 1. The average molecular weight is 484 g/mol. The van der Waals surface area contributed by atoms with Crippen molar-refractivity contribution in [1.82, 2.24) is 15.3 Å². The molecule has 0 fully saturated rings. The summed E-state index contributed by atoms with van der Waals surface area (Å²) < 4.78 is 11.7. The third-order valence-corrected chi connectivity index (χ3v) is 5.58. The third kappa shape index (κ3) is 7.65. The molecule has 0 saturated carbocycles. The van der Waals surface area contributed by atoms with Gasteiger partial charge in [0.05, 0.1) is 26.0 Å². The number of ketones is 1. The van der Waals surface area contributed by atoms with Crippen LogP contribution >= 0.6 is 0 Å². The fraction of sp³-hybridized carbons (Fsp3) is 0.207. The normalized spacial score (nSPS) is 11.6. The first kappa shape index (κ1) is 24.9. The van der Waals surface area contributed by atoms with Crippen LogP contribution in [0.1, 0.15) is 22.4 Å². The lowest BCUT2D eigenvalue weighted by molar-refractivity contribution is -0.128. The summed E-state index contributed by atoms with van der Waals surface area (Å²) in [6.07, 6.45) is 3.37. The molecule has 0 saturated heterocycles. The second kappa shape index (κ2) is 12.5. The quantitative estimate of drug-likeness (QED) is 0.308. The van der Waals surface area contributed by atoms with Crippen molar-refractivity contribution in [3.8, 4) is 11.5 Å². The lowest BCUT2D eigenvalue weighted by Gasteiger charge is -2.18. The second-order valence-electron chi connectivity index (χ2n) is 8.58. The van der Waals surface area contributed by atoms with Crippen LogP contribution in [0.25, 0.3) is 0 Å². The van der Waals surface area contributed by atoms with Gasteiger partial charge in [0.2, 0.25) is 5.91 Å². The van der Waals surface area contributed by atoms with Crippen LogP contribution in [0.3, 0.4) is 0 Å². The number of imidazole rings is 1. The van der Waals surface area contributed by atoms with E-state index in [-0.39, 0.29) is 31.1 Å². The molecule has 0 radical (unpaired) electrons. The summed E-state index contributed by atoms with van der Waals surface area (Å²) in [5, 5.41) is 2.82. The Labute approximate surface area is 210 Å². The third-order valence-electron chi connectivity index (χ3n) is 5.58. The summed E-state index contributed by atoms with van der Waals surface area (Å²) in [7, 11) is 0. The Hall–Kier alpha value is -4.23. The van der Waals surface area contributed by atoms with Crippen LogP contribution < -0.4 is 10.1 Å². The summed E-state index contributed by atoms with van der Waals surface area (Å²) >= 11 is 0. The van der Waals surface area contributed by atoms with Crippen molar-refractivity contribution in [3.05, 3.63) is 114 Å². The largest absolute Gasteiger partial charge is 0.457 e. The number of carbonyl (C=O) groups is 2. The summed E-state index contributed by atoms with van der Waals surface area (Å²) in [4.78, 5) is 32.6. The highest BCUT2D eigenvalue weighted by Crippen LogP contribution is 2.22. The number of hydrogen-bond acceptors (Lipinski definition) is 5. The summed E-state index contributed by atoms with van der Waals surface area (Å²) in [6, 6.07) is 24.1. The Bertz CT molecular complexity index is 1240. The summed E-state index contributed by atoms with van der Waals surface area (Å²) in [5.41, 5.74) is 3.66. The number of ether oxygens (including phenoxy) is 2. The minimum Gasteiger partial charge on any atom is -0.457 e. The summed E-state index contributed by atoms with van der Waals surface area (Å²) in [6.45, 7) is 2.46. The molecule has 7 nitrogen and oxygen atoms in total. The van der Waals surface area contributed by atoms with Gasteiger partial charge < -0.3 is 19.8 Å². The molecular formula is C29H29N3O4. The topological polar surface area (TPSA) is 93.3 Å². The van der Waals surface area contributed by atoms with Crippen LogP contribution in [0.15, 0.2) is 91.4 Å². The maximum atomic E-state index is 13.2. The van der Waals surface area contributed by atoms with E-state index in [0.717, 1.165) is 22.4 Å². The van der Waals surface area contributed by atoms with Crippen LogP contribution in [0.2, 0.25) is 0 Å². The van der Waals surface area contributed by atoms with Gasteiger partial charge in [-0.3, -0.25) is 9.59 Å². The zero-order chi connectivity index (χ0) is 25.2. The molecule has 1 amide bonds. The predicted octanol–water partition coefficient (Wildman–Crippen LogP) is 4.57. The van der Waals surface area contributed by atoms with Crippen molar-refractivity contribution < 1.29 is 19.1 Å². The number of nitrogens with one attached hydrogen (secondary N) is 2. The molecule has 4 aromatic rings. The van der Waals surface area contributed by atoms with Gasteiger partial charge in [0.25, 0.3) is 0 Å². The molecule has 184 valence electrons. The van der Waals surface area contributed by atoms with Crippen LogP contribution in [0.4, 0.5) is 0 Å². The highest BCUT2D eigenvalue weighted by atomic mass is 16.5. The van der Waals surface area contributed by atoms with E-state index in [9.17, 15) is 9.59 Å². The zero-order valence-corrected chi connectivity index (χ0v) is 20.1. The second-order valence-corrected chi connectivity index (χ2v) is 8.58. The minimum absolute atomic E-state index is 0.0804. The van der Waals surface area contributed by atoms with Crippen LogP contribution in [-0.2, 0) is 33.8 Å². The van der Waals surface area contributed by atoms with E-state index < -0.39 is 6.04 Å². The van der Waals surface area contributed by atoms with Gasteiger partial charge >= 0.3 is 0 Å². The van der Waals surface area contributed by atoms with Gasteiger partial charge in [-0.05, 0) is 42.3 Å². The molecule has 1 aromatic heterocycles. The molecule has 7 heteroatoms. The fourth-order valence-corrected chi connectivity index (χ4v) is 3.63. The molecule has 0 aliphatic rings. The lowest BCUT2D eigenvalue weighted by atomic mass is 10.0. The van der Waals surface area contributed by atoms with Gasteiger partial charge in [0.15, 0.2) is 5.78 Å². The van der Waals surface area contributed by atoms with Crippen LogP contribution in [-0.4, -0.2) is 34.3 Å². The van der Waals surface area contributed by atoms with Gasteiger partial charge in [0.1, 0.15) is 17.5 Å². The molecule has 0 bridgehead atoms. The maximum absolute atomic E-state index is 13.2. The first-order chi connectivity index (χ1) is 17.5. The Balaban J connectivity index is 1.36. The Morgan fingerprint density at radius 1 is 0.889 bits per heavy atom. The van der Waals surface area contributed by atoms with Gasteiger partial charge in [-0.15, -0.1) is 0 Å². The van der Waals surface area contributed by atoms with Crippen LogP contribution in [0.5, 0.6) is 11.5 Å². The number of hydrogen-bond donors (Lipinski definition) is 2. The number of benzene rings is 3. The Morgan fingerprint density at radius 3 is 2.25 bits per heavy atom. The van der Waals surface area contributed by atoms with E-state index in [2.05, 4.69) is 15.3 Å². The molecule has 0 spiro atoms. The van der Waals surface area contributed by atoms with Crippen molar-refractivity contribution in [2.24, 2.45) is 0 Å². The molecule has 2 N–H and O–H groups in total. The van der Waals surface area contributed by atoms with Crippen molar-refractivity contribution in [3.63, 3.8) is 0 Å². The van der Waals surface area contributed by atoms with E-state index in [4.69, 9.17) is 9.47 Å². The van der Waals surface area contributed by atoms with Crippen molar-refractivity contribution in [1.29, 1.82) is 0 Å². The SMILES string of the molecule is Cc1ccc(Oc2ccc(CC(=O)[C@H](COCc3ccccc3)NC(=O)Cc3cnc[nH]3)cc2)cc1. The predicted molar refractivity (Wildman–Crippen MR) is 137 cm³/mol. The van der Waals surface area contributed by atoms with Gasteiger partial charge in [-0.1, -0.05) is 60.2 Å². The van der Waals surface area contributed by atoms with Crippen molar-refractivity contribution in [2.45, 2.75) is 32.4 Å². The number of aryl methyl sites for hydroxylation is 1. The van der Waals surface area contributed by atoms with Gasteiger partial charge in [-0.2, -0.15) is 0 Å². The maximum Gasteiger partial charge on any atom is 0.226 e. The Kier molecular flexibility index (Phi) is 8.62. The molecule has 4 rings (SSSR count). The first-order valence-electron chi connectivity index (χ1n) is 11.8. The van der Waals surface area contributed by atoms with E-state index >= 15 is 0 Å². The monoisotopic (exact) mass is 483 g/mol. The number of rotatable bonds is 12. The van der Waals surface area contributed by atoms with E-state index in [1.165, 1.54) is 6.33 Å². The first-order valence-corrected chi connectivity index (χ1v) is 11.8. The molecule has 1 atom stereocenters. The van der Waals surface area contributed by atoms with Crippen molar-refractivity contribution in [2.75, 3.05) is 6.61 Å². The van der Waals surface area contributed by atoms with Gasteiger partial charge in [0, 0.05) is 18.3 Å². The zero-order valence-electron chi connectivity index (χ0n) is 20.1. The smallest absolute Gasteiger partial charge is 0.226 e. The molecule has 0 unspecified atom stereocenters. The number of carbonyl (C=O) groups excluding carboxylic acids is 2. The standard InChI is InChI=1S/C29H29N3O4/c1-21-7-11-25(12-8-21)36-26-13-9-22(10-14-26)15-28(33)27(19-35-18-23-5-3-2-4-6-23)32-29(34)16-24-17-30-20-31-24/h2-14,17,20,27H,15-16,18-19H2,1H3,(H,30,31)(H,32,34)/t27-/m0/s1. The van der Waals surface area contributed by atoms with Crippen molar-refractivity contribution >= 4 is 11.7 Å². The number of Topliss-reactive ketones (excluding diaryl/α,β-unsaturated/α-hetero) is 1. The highest BCUT2D eigenvalue weighted by molar-refractivity contribution is 5.91.